The Labute approximate surface area is 99.9 Å². The highest BCUT2D eigenvalue weighted by atomic mass is 32.2. The number of rotatable bonds is 5. The minimum Gasteiger partial charge on any atom is -0.480 e. The summed E-state index contributed by atoms with van der Waals surface area (Å²) in [6, 6.07) is 0. The molecule has 0 aliphatic carbocycles. The fourth-order valence-corrected chi connectivity index (χ4v) is 2.23. The second kappa shape index (κ2) is 5.46. The molecule has 0 radical (unpaired) electrons. The number of aliphatic carboxylic acids is 1. The van der Waals surface area contributed by atoms with Crippen LogP contribution >= 0.6 is 0 Å². The van der Waals surface area contributed by atoms with Crippen molar-refractivity contribution in [1.29, 1.82) is 0 Å². The van der Waals surface area contributed by atoms with Crippen molar-refractivity contribution in [3.05, 3.63) is 0 Å². The molecule has 1 atom stereocenters. The van der Waals surface area contributed by atoms with Crippen LogP contribution in [0.15, 0.2) is 0 Å². The maximum Gasteiger partial charge on any atom is 0.323 e. The van der Waals surface area contributed by atoms with Gasteiger partial charge in [0, 0.05) is 6.54 Å². The Hall–Kier alpha value is -1.15. The maximum absolute atomic E-state index is 11.5. The van der Waals surface area contributed by atoms with Gasteiger partial charge in [-0.05, 0) is 20.8 Å². The number of ether oxygens (including phenoxy) is 1. The van der Waals surface area contributed by atoms with Gasteiger partial charge in [-0.25, -0.2) is 8.42 Å². The van der Waals surface area contributed by atoms with Crippen LogP contribution in [0.3, 0.4) is 0 Å². The van der Waals surface area contributed by atoms with Crippen LogP contribution in [-0.2, 0) is 24.2 Å². The Morgan fingerprint density at radius 3 is 2.12 bits per heavy atom. The van der Waals surface area contributed by atoms with Gasteiger partial charge in [-0.3, -0.25) is 9.59 Å². The molecule has 0 aliphatic rings. The number of nitrogens with two attached hydrogens (primary N) is 1. The zero-order valence-electron chi connectivity index (χ0n) is 9.97. The lowest BCUT2D eigenvalue weighted by atomic mass is 10.2. The third kappa shape index (κ3) is 5.64. The molecule has 3 N–H and O–H groups in total. The lowest BCUT2D eigenvalue weighted by Gasteiger charge is -2.20. The monoisotopic (exact) mass is 267 g/mol. The van der Waals surface area contributed by atoms with Crippen LogP contribution in [0, 0.1) is 0 Å². The topological polar surface area (TPSA) is 124 Å². The van der Waals surface area contributed by atoms with E-state index in [1.165, 1.54) is 0 Å². The summed E-state index contributed by atoms with van der Waals surface area (Å²) in [4.78, 5) is 21.9. The lowest BCUT2D eigenvalue weighted by Crippen LogP contribution is -2.41. The molecule has 7 nitrogen and oxygen atoms in total. The molecular formula is C9H17NO6S. The van der Waals surface area contributed by atoms with E-state index in [0.29, 0.717) is 0 Å². The molecule has 1 unspecified atom stereocenters. The van der Waals surface area contributed by atoms with Crippen LogP contribution in [0.2, 0.25) is 0 Å². The zero-order valence-corrected chi connectivity index (χ0v) is 10.8. The van der Waals surface area contributed by atoms with E-state index in [2.05, 4.69) is 0 Å². The Morgan fingerprint density at radius 1 is 1.35 bits per heavy atom. The van der Waals surface area contributed by atoms with E-state index in [4.69, 9.17) is 15.6 Å². The van der Waals surface area contributed by atoms with Crippen molar-refractivity contribution in [1.82, 2.24) is 0 Å². The summed E-state index contributed by atoms with van der Waals surface area (Å²) in [5.74, 6) is -3.55. The third-order valence-electron chi connectivity index (χ3n) is 1.66. The molecule has 0 aliphatic heterocycles. The zero-order chi connectivity index (χ0) is 13.9. The fraction of sp³-hybridized carbons (Fsp3) is 0.778. The smallest absolute Gasteiger partial charge is 0.323 e. The largest absolute Gasteiger partial charge is 0.480 e. The van der Waals surface area contributed by atoms with Crippen molar-refractivity contribution in [3.8, 4) is 0 Å². The predicted octanol–water partition coefficient (Wildman–Crippen LogP) is -0.845. The van der Waals surface area contributed by atoms with Gasteiger partial charge in [-0.1, -0.05) is 0 Å². The van der Waals surface area contributed by atoms with E-state index in [0.717, 1.165) is 0 Å². The molecule has 17 heavy (non-hydrogen) atoms. The average molecular weight is 267 g/mol. The Bertz CT molecular complexity index is 394. The number of hydrogen-bond donors (Lipinski definition) is 2. The number of carbonyl (C=O) groups is 2. The van der Waals surface area contributed by atoms with Gasteiger partial charge >= 0.3 is 11.9 Å². The minimum absolute atomic E-state index is 0.583. The van der Waals surface area contributed by atoms with E-state index in [1.54, 1.807) is 20.8 Å². The molecule has 0 aromatic carbocycles. The number of hydrogen-bond acceptors (Lipinski definition) is 6. The molecule has 0 aromatic heterocycles. The van der Waals surface area contributed by atoms with Crippen molar-refractivity contribution in [2.75, 3.05) is 12.3 Å². The van der Waals surface area contributed by atoms with E-state index >= 15 is 0 Å². The van der Waals surface area contributed by atoms with Crippen LogP contribution in [0.25, 0.3) is 0 Å². The van der Waals surface area contributed by atoms with Crippen molar-refractivity contribution in [3.63, 3.8) is 0 Å². The van der Waals surface area contributed by atoms with Crippen molar-refractivity contribution < 1.29 is 27.9 Å². The van der Waals surface area contributed by atoms with Crippen LogP contribution in [-0.4, -0.2) is 48.6 Å². The highest BCUT2D eigenvalue weighted by Crippen LogP contribution is 2.09. The van der Waals surface area contributed by atoms with Crippen molar-refractivity contribution in [2.24, 2.45) is 5.73 Å². The molecule has 0 spiro atoms. The summed E-state index contributed by atoms with van der Waals surface area (Å²) >= 11 is 0. The number of carbonyl (C=O) groups excluding carboxylic acids is 1. The summed E-state index contributed by atoms with van der Waals surface area (Å²) < 4.78 is 27.9. The van der Waals surface area contributed by atoms with E-state index < -0.39 is 44.9 Å². The summed E-state index contributed by atoms with van der Waals surface area (Å²) in [6.07, 6.45) is 0. The predicted molar refractivity (Wildman–Crippen MR) is 60.1 cm³/mol. The second-order valence-corrected chi connectivity index (χ2v) is 6.64. The first kappa shape index (κ1) is 15.9. The van der Waals surface area contributed by atoms with Crippen molar-refractivity contribution >= 4 is 21.8 Å². The Morgan fingerprint density at radius 2 is 1.82 bits per heavy atom. The van der Waals surface area contributed by atoms with Gasteiger partial charge in [0.25, 0.3) is 0 Å². The van der Waals surface area contributed by atoms with Gasteiger partial charge in [0.1, 0.15) is 11.4 Å². The summed E-state index contributed by atoms with van der Waals surface area (Å²) in [5.41, 5.74) is 4.23. The summed E-state index contributed by atoms with van der Waals surface area (Å²) in [7, 11) is -4.14. The number of carboxylic acids is 1. The van der Waals surface area contributed by atoms with Gasteiger partial charge in [0.15, 0.2) is 15.1 Å². The van der Waals surface area contributed by atoms with E-state index in [1.807, 2.05) is 0 Å². The van der Waals surface area contributed by atoms with Crippen LogP contribution in [0.1, 0.15) is 20.8 Å². The molecule has 8 heteroatoms. The molecule has 0 saturated carbocycles. The van der Waals surface area contributed by atoms with Crippen LogP contribution in [0.4, 0.5) is 0 Å². The number of sulfone groups is 1. The highest BCUT2D eigenvalue weighted by molar-refractivity contribution is 7.93. The van der Waals surface area contributed by atoms with Gasteiger partial charge in [0.2, 0.25) is 0 Å². The number of carboxylic acid groups (broad SMARTS) is 1. The maximum atomic E-state index is 11.5. The second-order valence-electron chi connectivity index (χ2n) is 4.46. The lowest BCUT2D eigenvalue weighted by molar-refractivity contribution is -0.151. The molecule has 0 amide bonds. The Kier molecular flexibility index (Phi) is 5.09. The van der Waals surface area contributed by atoms with E-state index in [-0.39, 0.29) is 0 Å². The first-order valence-electron chi connectivity index (χ1n) is 4.86. The van der Waals surface area contributed by atoms with Crippen LogP contribution in [0.5, 0.6) is 0 Å². The van der Waals surface area contributed by atoms with Gasteiger partial charge < -0.3 is 15.6 Å². The Balaban J connectivity index is 4.77. The summed E-state index contributed by atoms with van der Waals surface area (Å²) in [5, 5.41) is 6.86. The molecule has 100 valence electrons. The van der Waals surface area contributed by atoms with Crippen molar-refractivity contribution in [2.45, 2.75) is 31.6 Å². The molecule has 0 saturated heterocycles. The van der Waals surface area contributed by atoms with Gasteiger partial charge in [-0.15, -0.1) is 0 Å². The molecule has 0 heterocycles. The van der Waals surface area contributed by atoms with Crippen LogP contribution < -0.4 is 5.73 Å². The molecule has 0 bridgehead atoms. The molecule has 0 aromatic rings. The molecular weight excluding hydrogens is 250 g/mol. The first-order valence-corrected chi connectivity index (χ1v) is 6.57. The third-order valence-corrected chi connectivity index (χ3v) is 3.56. The van der Waals surface area contributed by atoms with E-state index in [9.17, 15) is 18.0 Å². The minimum atomic E-state index is -4.14. The van der Waals surface area contributed by atoms with Gasteiger partial charge in [-0.2, -0.15) is 0 Å². The SMILES string of the molecule is CC(C)(C)OC(=O)CS(=O)(=O)C(CN)C(=O)O. The first-order chi connectivity index (χ1) is 7.49. The fourth-order valence-electron chi connectivity index (χ4n) is 1.04. The average Bonchev–Trinajstić information content (AvgIpc) is 1.96. The molecule has 0 fully saturated rings. The summed E-state index contributed by atoms with van der Waals surface area (Å²) in [6.45, 7) is 4.15. The highest BCUT2D eigenvalue weighted by Gasteiger charge is 2.34. The van der Waals surface area contributed by atoms with Gasteiger partial charge in [0.05, 0.1) is 0 Å². The standard InChI is InChI=1S/C9H17NO6S/c1-9(2,3)16-7(11)5-17(14,15)6(4-10)8(12)13/h6H,4-5,10H2,1-3H3,(H,12,13). The quantitative estimate of drug-likeness (QED) is 0.622. The normalized spacial score (nSPS) is 14.1. The molecule has 0 rings (SSSR count). The number of esters is 1.